The SMILES string of the molecule is CCNC(=O)[C@H]1CCN(Cc2cccc(C(=O)Nc3c(C)noc3C)c2)C1. The van der Waals surface area contributed by atoms with Gasteiger partial charge in [0.1, 0.15) is 11.4 Å². The number of nitrogens with zero attached hydrogens (tertiary/aromatic N) is 2. The summed E-state index contributed by atoms with van der Waals surface area (Å²) in [7, 11) is 0. The van der Waals surface area contributed by atoms with E-state index in [2.05, 4.69) is 20.7 Å². The van der Waals surface area contributed by atoms with E-state index in [1.165, 1.54) is 0 Å². The lowest BCUT2D eigenvalue weighted by Gasteiger charge is -2.16. The molecule has 0 saturated carbocycles. The number of carbonyl (C=O) groups is 2. The van der Waals surface area contributed by atoms with E-state index >= 15 is 0 Å². The standard InChI is InChI=1S/C20H26N4O3/c1-4-21-19(25)17-8-9-24(12-17)11-15-6-5-7-16(10-15)20(26)22-18-13(2)23-27-14(18)3/h5-7,10,17H,4,8-9,11-12H2,1-3H3,(H,21,25)(H,22,26)/t17-/m0/s1. The van der Waals surface area contributed by atoms with Crippen LogP contribution in [0.25, 0.3) is 0 Å². The van der Waals surface area contributed by atoms with Crippen LogP contribution >= 0.6 is 0 Å². The molecule has 1 aliphatic rings. The molecule has 2 N–H and O–H groups in total. The summed E-state index contributed by atoms with van der Waals surface area (Å²) in [6.45, 7) is 8.52. The minimum absolute atomic E-state index is 0.0518. The number of hydrogen-bond acceptors (Lipinski definition) is 5. The van der Waals surface area contributed by atoms with Gasteiger partial charge in [-0.3, -0.25) is 14.5 Å². The van der Waals surface area contributed by atoms with Gasteiger partial charge in [0.25, 0.3) is 5.91 Å². The van der Waals surface area contributed by atoms with Gasteiger partial charge >= 0.3 is 0 Å². The van der Waals surface area contributed by atoms with Crippen LogP contribution in [0.3, 0.4) is 0 Å². The Morgan fingerprint density at radius 3 is 2.85 bits per heavy atom. The first-order valence-corrected chi connectivity index (χ1v) is 9.31. The van der Waals surface area contributed by atoms with Crippen LogP contribution in [0.4, 0.5) is 5.69 Å². The number of likely N-dealkylation sites (tertiary alicyclic amines) is 1. The van der Waals surface area contributed by atoms with Crippen LogP contribution in [0, 0.1) is 19.8 Å². The predicted octanol–water partition coefficient (Wildman–Crippen LogP) is 2.50. The molecule has 1 fully saturated rings. The molecule has 2 aromatic rings. The van der Waals surface area contributed by atoms with Gasteiger partial charge in [0.2, 0.25) is 5.91 Å². The molecule has 1 aliphatic heterocycles. The Morgan fingerprint density at radius 1 is 1.33 bits per heavy atom. The molecule has 144 valence electrons. The van der Waals surface area contributed by atoms with E-state index < -0.39 is 0 Å². The summed E-state index contributed by atoms with van der Waals surface area (Å²) >= 11 is 0. The van der Waals surface area contributed by atoms with Crippen LogP contribution in [0.5, 0.6) is 0 Å². The molecule has 7 heteroatoms. The van der Waals surface area contributed by atoms with Gasteiger partial charge in [0.05, 0.1) is 5.92 Å². The van der Waals surface area contributed by atoms with Crippen LogP contribution in [-0.4, -0.2) is 41.5 Å². The van der Waals surface area contributed by atoms with Crippen LogP contribution in [0.2, 0.25) is 0 Å². The van der Waals surface area contributed by atoms with Gasteiger partial charge in [-0.2, -0.15) is 0 Å². The maximum Gasteiger partial charge on any atom is 0.255 e. The third kappa shape index (κ3) is 4.54. The number of nitrogens with one attached hydrogen (secondary N) is 2. The lowest BCUT2D eigenvalue weighted by molar-refractivity contribution is -0.124. The molecule has 0 spiro atoms. The topological polar surface area (TPSA) is 87.5 Å². The predicted molar refractivity (Wildman–Crippen MR) is 102 cm³/mol. The minimum Gasteiger partial charge on any atom is -0.359 e. The van der Waals surface area contributed by atoms with Gasteiger partial charge in [-0.25, -0.2) is 0 Å². The average molecular weight is 370 g/mol. The zero-order chi connectivity index (χ0) is 19.4. The second-order valence-corrected chi connectivity index (χ2v) is 6.97. The van der Waals surface area contributed by atoms with Gasteiger partial charge < -0.3 is 15.2 Å². The van der Waals surface area contributed by atoms with Crippen molar-refractivity contribution in [3.8, 4) is 0 Å². The molecule has 27 heavy (non-hydrogen) atoms. The Balaban J connectivity index is 1.62. The van der Waals surface area contributed by atoms with Crippen molar-refractivity contribution in [3.05, 3.63) is 46.8 Å². The number of amides is 2. The summed E-state index contributed by atoms with van der Waals surface area (Å²) in [5.41, 5.74) is 2.92. The molecule has 2 amide bonds. The summed E-state index contributed by atoms with van der Waals surface area (Å²) in [5, 5.41) is 9.62. The number of aryl methyl sites for hydroxylation is 2. The van der Waals surface area contributed by atoms with E-state index in [9.17, 15) is 9.59 Å². The van der Waals surface area contributed by atoms with E-state index in [0.29, 0.717) is 29.2 Å². The normalized spacial score (nSPS) is 17.1. The van der Waals surface area contributed by atoms with Crippen molar-refractivity contribution >= 4 is 17.5 Å². The van der Waals surface area contributed by atoms with Gasteiger partial charge in [0, 0.05) is 25.2 Å². The largest absolute Gasteiger partial charge is 0.359 e. The van der Waals surface area contributed by atoms with E-state index in [4.69, 9.17) is 4.52 Å². The molecule has 0 radical (unpaired) electrons. The van der Waals surface area contributed by atoms with Crippen LogP contribution < -0.4 is 10.6 Å². The van der Waals surface area contributed by atoms with Crippen molar-refractivity contribution in [2.75, 3.05) is 25.0 Å². The van der Waals surface area contributed by atoms with Crippen molar-refractivity contribution in [1.82, 2.24) is 15.4 Å². The molecule has 0 aliphatic carbocycles. The Bertz CT molecular complexity index is 811. The first kappa shape index (κ1) is 19.1. The quantitative estimate of drug-likeness (QED) is 0.816. The first-order valence-electron chi connectivity index (χ1n) is 9.31. The number of anilines is 1. The van der Waals surface area contributed by atoms with E-state index in [-0.39, 0.29) is 17.7 Å². The summed E-state index contributed by atoms with van der Waals surface area (Å²) in [5.74, 6) is 0.585. The molecular formula is C20H26N4O3. The Kier molecular flexibility index (Phi) is 5.91. The van der Waals surface area contributed by atoms with Crippen molar-refractivity contribution < 1.29 is 14.1 Å². The van der Waals surface area contributed by atoms with Gasteiger partial charge in [-0.1, -0.05) is 17.3 Å². The maximum atomic E-state index is 12.6. The lowest BCUT2D eigenvalue weighted by atomic mass is 10.1. The number of hydrogen-bond donors (Lipinski definition) is 2. The van der Waals surface area contributed by atoms with Gasteiger partial charge in [-0.15, -0.1) is 0 Å². The van der Waals surface area contributed by atoms with Crippen molar-refractivity contribution in [1.29, 1.82) is 0 Å². The Labute approximate surface area is 159 Å². The maximum absolute atomic E-state index is 12.6. The summed E-state index contributed by atoms with van der Waals surface area (Å²) < 4.78 is 5.09. The Morgan fingerprint density at radius 2 is 2.15 bits per heavy atom. The fraction of sp³-hybridized carbons (Fsp3) is 0.450. The number of carbonyl (C=O) groups excluding carboxylic acids is 2. The second kappa shape index (κ2) is 8.35. The Hall–Kier alpha value is -2.67. The van der Waals surface area contributed by atoms with Crippen LogP contribution in [-0.2, 0) is 11.3 Å². The molecule has 3 rings (SSSR count). The fourth-order valence-electron chi connectivity index (χ4n) is 3.43. The summed E-state index contributed by atoms with van der Waals surface area (Å²) in [4.78, 5) is 26.8. The summed E-state index contributed by atoms with van der Waals surface area (Å²) in [6, 6.07) is 7.58. The molecule has 1 aromatic heterocycles. The number of benzene rings is 1. The molecule has 7 nitrogen and oxygen atoms in total. The van der Waals surface area contributed by atoms with Crippen LogP contribution in [0.15, 0.2) is 28.8 Å². The van der Waals surface area contributed by atoms with E-state index in [1.807, 2.05) is 25.1 Å². The smallest absolute Gasteiger partial charge is 0.255 e. The van der Waals surface area contributed by atoms with Crippen molar-refractivity contribution in [2.24, 2.45) is 5.92 Å². The molecule has 2 heterocycles. The second-order valence-electron chi connectivity index (χ2n) is 6.97. The van der Waals surface area contributed by atoms with Gasteiger partial charge in [0.15, 0.2) is 5.76 Å². The molecule has 1 atom stereocenters. The first-order chi connectivity index (χ1) is 13.0. The summed E-state index contributed by atoms with van der Waals surface area (Å²) in [6.07, 6.45) is 0.873. The zero-order valence-electron chi connectivity index (χ0n) is 16.0. The molecule has 0 unspecified atom stereocenters. The highest BCUT2D eigenvalue weighted by atomic mass is 16.5. The minimum atomic E-state index is -0.187. The highest BCUT2D eigenvalue weighted by Gasteiger charge is 2.27. The van der Waals surface area contributed by atoms with Crippen molar-refractivity contribution in [2.45, 2.75) is 33.7 Å². The monoisotopic (exact) mass is 370 g/mol. The molecule has 0 bridgehead atoms. The van der Waals surface area contributed by atoms with Gasteiger partial charge in [-0.05, 0) is 51.4 Å². The van der Waals surface area contributed by atoms with Crippen LogP contribution in [0.1, 0.15) is 40.7 Å². The zero-order valence-corrected chi connectivity index (χ0v) is 16.0. The third-order valence-electron chi connectivity index (χ3n) is 4.86. The highest BCUT2D eigenvalue weighted by molar-refractivity contribution is 6.04. The van der Waals surface area contributed by atoms with E-state index in [0.717, 1.165) is 31.6 Å². The molecular weight excluding hydrogens is 344 g/mol. The fourth-order valence-corrected chi connectivity index (χ4v) is 3.43. The lowest BCUT2D eigenvalue weighted by Crippen LogP contribution is -2.32. The molecule has 1 aromatic carbocycles. The van der Waals surface area contributed by atoms with E-state index in [1.54, 1.807) is 19.9 Å². The number of rotatable bonds is 6. The molecule has 1 saturated heterocycles. The van der Waals surface area contributed by atoms with Crippen molar-refractivity contribution in [3.63, 3.8) is 0 Å². The third-order valence-corrected chi connectivity index (χ3v) is 4.86. The average Bonchev–Trinajstić information content (AvgIpc) is 3.24. The number of aromatic nitrogens is 1. The highest BCUT2D eigenvalue weighted by Crippen LogP contribution is 2.21.